The molecular weight excluding hydrogens is 188 g/mol. The second-order valence-corrected chi connectivity index (χ2v) is 5.38. The molecule has 0 heterocycles. The summed E-state index contributed by atoms with van der Waals surface area (Å²) >= 11 is 0. The van der Waals surface area contributed by atoms with Crippen LogP contribution in [0.2, 0.25) is 0 Å². The molecule has 0 saturated heterocycles. The summed E-state index contributed by atoms with van der Waals surface area (Å²) in [6, 6.07) is 0. The number of carbonyl (C=O) groups excluding carboxylic acids is 1. The van der Waals surface area contributed by atoms with Crippen LogP contribution in [0.5, 0.6) is 0 Å². The van der Waals surface area contributed by atoms with Crippen LogP contribution in [0.4, 0.5) is 0 Å². The number of Topliss-reactive ketones (excluding diaryl/α,β-unsaturated/α-hetero) is 1. The van der Waals surface area contributed by atoms with Crippen LogP contribution in [-0.4, -0.2) is 18.5 Å². The van der Waals surface area contributed by atoms with Gasteiger partial charge < -0.3 is 4.74 Å². The Balaban J connectivity index is 2.00. The van der Waals surface area contributed by atoms with Gasteiger partial charge >= 0.3 is 0 Å². The van der Waals surface area contributed by atoms with Gasteiger partial charge in [-0.25, -0.2) is 0 Å². The lowest BCUT2D eigenvalue weighted by Crippen LogP contribution is -2.50. The summed E-state index contributed by atoms with van der Waals surface area (Å²) in [5.74, 6) is 1.42. The molecule has 2 atom stereocenters. The van der Waals surface area contributed by atoms with Crippen LogP contribution in [0.25, 0.3) is 0 Å². The zero-order valence-corrected chi connectivity index (χ0v) is 9.92. The van der Waals surface area contributed by atoms with Crippen LogP contribution in [0.15, 0.2) is 0 Å². The minimum Gasteiger partial charge on any atom is -0.370 e. The van der Waals surface area contributed by atoms with Crippen LogP contribution in [0.3, 0.4) is 0 Å². The quantitative estimate of drug-likeness (QED) is 0.716. The van der Waals surface area contributed by atoms with Crippen molar-refractivity contribution in [2.75, 3.05) is 7.11 Å². The van der Waals surface area contributed by atoms with Crippen LogP contribution >= 0.6 is 0 Å². The van der Waals surface area contributed by atoms with Gasteiger partial charge in [0.15, 0.2) is 5.78 Å². The van der Waals surface area contributed by atoms with Gasteiger partial charge in [-0.1, -0.05) is 19.8 Å². The number of ether oxygens (including phenoxy) is 1. The summed E-state index contributed by atoms with van der Waals surface area (Å²) in [5.41, 5.74) is -0.373. The van der Waals surface area contributed by atoms with Gasteiger partial charge in [-0.3, -0.25) is 4.79 Å². The van der Waals surface area contributed by atoms with Gasteiger partial charge in [-0.2, -0.15) is 0 Å². The number of hydrogen-bond acceptors (Lipinski definition) is 2. The third-order valence-electron chi connectivity index (χ3n) is 4.31. The molecule has 2 fully saturated rings. The van der Waals surface area contributed by atoms with Crippen LogP contribution in [-0.2, 0) is 9.53 Å². The molecule has 0 aliphatic heterocycles. The molecule has 2 rings (SSSR count). The number of rotatable bonds is 3. The molecule has 0 amide bonds. The highest BCUT2D eigenvalue weighted by atomic mass is 16.5. The zero-order chi connectivity index (χ0) is 10.9. The maximum absolute atomic E-state index is 12.4. The molecular formula is C13H22O2. The van der Waals surface area contributed by atoms with Crippen LogP contribution in [0.1, 0.15) is 51.9 Å². The summed E-state index contributed by atoms with van der Waals surface area (Å²) in [6.45, 7) is 2.26. The third-order valence-corrected chi connectivity index (χ3v) is 4.31. The van der Waals surface area contributed by atoms with Gasteiger partial charge in [0.1, 0.15) is 5.60 Å². The summed E-state index contributed by atoms with van der Waals surface area (Å²) in [4.78, 5) is 12.4. The number of hydrogen-bond donors (Lipinski definition) is 0. The fourth-order valence-electron chi connectivity index (χ4n) is 3.09. The Labute approximate surface area is 92.4 Å². The second kappa shape index (κ2) is 4.25. The van der Waals surface area contributed by atoms with E-state index in [0.29, 0.717) is 5.78 Å². The fourth-order valence-corrected chi connectivity index (χ4v) is 3.09. The van der Waals surface area contributed by atoms with Gasteiger partial charge in [0.05, 0.1) is 0 Å². The van der Waals surface area contributed by atoms with Gasteiger partial charge in [-0.05, 0) is 38.0 Å². The van der Waals surface area contributed by atoms with Gasteiger partial charge in [0.25, 0.3) is 0 Å². The van der Waals surface area contributed by atoms with Crippen molar-refractivity contribution in [1.29, 1.82) is 0 Å². The molecule has 0 N–H and O–H groups in total. The minimum atomic E-state index is -0.373. The Kier molecular flexibility index (Phi) is 3.15. The molecule has 2 nitrogen and oxygen atoms in total. The van der Waals surface area contributed by atoms with Gasteiger partial charge in [-0.15, -0.1) is 0 Å². The smallest absolute Gasteiger partial charge is 0.167 e. The molecule has 2 heteroatoms. The van der Waals surface area contributed by atoms with Crippen molar-refractivity contribution in [2.45, 2.75) is 57.5 Å². The molecule has 0 spiro atoms. The van der Waals surface area contributed by atoms with E-state index in [0.717, 1.165) is 38.0 Å². The van der Waals surface area contributed by atoms with Crippen LogP contribution in [0, 0.1) is 11.8 Å². The molecule has 0 aromatic rings. The van der Waals surface area contributed by atoms with E-state index in [2.05, 4.69) is 6.92 Å². The van der Waals surface area contributed by atoms with E-state index in [1.54, 1.807) is 7.11 Å². The van der Waals surface area contributed by atoms with E-state index in [9.17, 15) is 4.79 Å². The van der Waals surface area contributed by atoms with Crippen molar-refractivity contribution in [3.05, 3.63) is 0 Å². The molecule has 0 aromatic carbocycles. The molecule has 86 valence electrons. The number of ketones is 1. The van der Waals surface area contributed by atoms with E-state index >= 15 is 0 Å². The van der Waals surface area contributed by atoms with E-state index < -0.39 is 0 Å². The minimum absolute atomic E-state index is 0.286. The first kappa shape index (κ1) is 11.1. The standard InChI is InChI=1S/C13H22O2/c1-10-5-3-6-11(9-10)12(14)13(15-2)7-4-8-13/h10-11H,3-9H2,1-2H3. The van der Waals surface area contributed by atoms with Crippen molar-refractivity contribution >= 4 is 5.78 Å². The van der Waals surface area contributed by atoms with Gasteiger partial charge in [0.2, 0.25) is 0 Å². The lowest BCUT2D eigenvalue weighted by atomic mass is 9.68. The fraction of sp³-hybridized carbons (Fsp3) is 0.923. The van der Waals surface area contributed by atoms with E-state index in [1.807, 2.05) is 0 Å². The summed E-state index contributed by atoms with van der Waals surface area (Å²) in [6.07, 6.45) is 7.75. The monoisotopic (exact) mass is 210 g/mol. The predicted molar refractivity (Wildman–Crippen MR) is 59.7 cm³/mol. The SMILES string of the molecule is COC1(C(=O)C2CCCC(C)C2)CCC1. The largest absolute Gasteiger partial charge is 0.370 e. The maximum Gasteiger partial charge on any atom is 0.167 e. The molecule has 2 aliphatic carbocycles. The van der Waals surface area contributed by atoms with Gasteiger partial charge in [0, 0.05) is 13.0 Å². The van der Waals surface area contributed by atoms with Crippen molar-refractivity contribution in [3.63, 3.8) is 0 Å². The first-order chi connectivity index (χ1) is 7.18. The van der Waals surface area contributed by atoms with Crippen molar-refractivity contribution in [2.24, 2.45) is 11.8 Å². The topological polar surface area (TPSA) is 26.3 Å². The highest BCUT2D eigenvalue weighted by molar-refractivity contribution is 5.90. The lowest BCUT2D eigenvalue weighted by molar-refractivity contribution is -0.157. The summed E-state index contributed by atoms with van der Waals surface area (Å²) < 4.78 is 5.47. The van der Waals surface area contributed by atoms with Crippen molar-refractivity contribution in [3.8, 4) is 0 Å². The number of carbonyl (C=O) groups is 1. The Morgan fingerprint density at radius 3 is 2.47 bits per heavy atom. The first-order valence-electron chi connectivity index (χ1n) is 6.27. The maximum atomic E-state index is 12.4. The molecule has 15 heavy (non-hydrogen) atoms. The molecule has 0 bridgehead atoms. The predicted octanol–water partition coefficient (Wildman–Crippen LogP) is 2.95. The van der Waals surface area contributed by atoms with Crippen LogP contribution < -0.4 is 0 Å². The lowest BCUT2D eigenvalue weighted by Gasteiger charge is -2.42. The van der Waals surface area contributed by atoms with E-state index in [1.165, 1.54) is 12.8 Å². The Morgan fingerprint density at radius 2 is 2.00 bits per heavy atom. The average Bonchev–Trinajstić information content (AvgIpc) is 2.17. The summed E-state index contributed by atoms with van der Waals surface area (Å²) in [5, 5.41) is 0. The normalized spacial score (nSPS) is 34.5. The molecule has 0 radical (unpaired) electrons. The second-order valence-electron chi connectivity index (χ2n) is 5.38. The molecule has 2 saturated carbocycles. The Bertz CT molecular complexity index is 237. The van der Waals surface area contributed by atoms with E-state index in [4.69, 9.17) is 4.74 Å². The van der Waals surface area contributed by atoms with Crippen molar-refractivity contribution in [1.82, 2.24) is 0 Å². The highest BCUT2D eigenvalue weighted by Crippen LogP contribution is 2.41. The summed E-state index contributed by atoms with van der Waals surface area (Å²) in [7, 11) is 1.70. The molecule has 2 unspecified atom stereocenters. The molecule has 2 aliphatic rings. The average molecular weight is 210 g/mol. The zero-order valence-electron chi connectivity index (χ0n) is 9.92. The highest BCUT2D eigenvalue weighted by Gasteiger charge is 2.47. The first-order valence-corrected chi connectivity index (χ1v) is 6.27. The Morgan fingerprint density at radius 1 is 1.27 bits per heavy atom. The molecule has 0 aromatic heterocycles. The third kappa shape index (κ3) is 1.96. The number of methoxy groups -OCH3 is 1. The Hall–Kier alpha value is -0.370. The van der Waals surface area contributed by atoms with Crippen molar-refractivity contribution < 1.29 is 9.53 Å². The van der Waals surface area contributed by atoms with E-state index in [-0.39, 0.29) is 11.5 Å².